The molecule has 0 aromatic heterocycles. The number of hydrogen-bond donors (Lipinski definition) is 1. The summed E-state index contributed by atoms with van der Waals surface area (Å²) in [5.74, 6) is -0.244. The van der Waals surface area contributed by atoms with E-state index < -0.39 is 0 Å². The number of hydrogen-bond acceptors (Lipinski definition) is 4. The zero-order chi connectivity index (χ0) is 12.1. The molecule has 0 radical (unpaired) electrons. The highest BCUT2D eigenvalue weighted by molar-refractivity contribution is 8.00. The Bertz CT molecular complexity index is 384. The average Bonchev–Trinajstić information content (AvgIpc) is 2.23. The zero-order valence-electron chi connectivity index (χ0n) is 9.20. The van der Waals surface area contributed by atoms with Gasteiger partial charge in [0.05, 0.1) is 11.6 Å². The maximum Gasteiger partial charge on any atom is 0.319 e. The van der Waals surface area contributed by atoms with Crippen molar-refractivity contribution in [3.63, 3.8) is 0 Å². The first-order valence-corrected chi connectivity index (χ1v) is 6.18. The SMILES string of the molecule is CCOC(=O)C(C)Sc1cc(N)ccc1Cl. The van der Waals surface area contributed by atoms with Crippen molar-refractivity contribution in [2.75, 3.05) is 12.3 Å². The van der Waals surface area contributed by atoms with Crippen molar-refractivity contribution in [1.82, 2.24) is 0 Å². The van der Waals surface area contributed by atoms with Crippen molar-refractivity contribution in [3.05, 3.63) is 23.2 Å². The fraction of sp³-hybridized carbons (Fsp3) is 0.364. The van der Waals surface area contributed by atoms with Crippen LogP contribution in [0.4, 0.5) is 5.69 Å². The quantitative estimate of drug-likeness (QED) is 0.513. The van der Waals surface area contributed by atoms with Crippen molar-refractivity contribution >= 4 is 35.0 Å². The molecule has 1 aromatic rings. The number of halogens is 1. The number of rotatable bonds is 4. The third kappa shape index (κ3) is 3.61. The largest absolute Gasteiger partial charge is 0.465 e. The van der Waals surface area contributed by atoms with E-state index in [0.29, 0.717) is 17.3 Å². The van der Waals surface area contributed by atoms with E-state index >= 15 is 0 Å². The van der Waals surface area contributed by atoms with Crippen LogP contribution in [0.3, 0.4) is 0 Å². The van der Waals surface area contributed by atoms with Crippen molar-refractivity contribution < 1.29 is 9.53 Å². The van der Waals surface area contributed by atoms with Gasteiger partial charge >= 0.3 is 5.97 Å². The molecule has 1 rings (SSSR count). The molecule has 0 aliphatic carbocycles. The minimum absolute atomic E-state index is 0.244. The first kappa shape index (κ1) is 13.2. The summed E-state index contributed by atoms with van der Waals surface area (Å²) in [5, 5.41) is 0.301. The van der Waals surface area contributed by atoms with E-state index in [1.165, 1.54) is 11.8 Å². The predicted octanol–water partition coefficient (Wildman–Crippen LogP) is 2.97. The number of ether oxygens (including phenoxy) is 1. The molecule has 16 heavy (non-hydrogen) atoms. The van der Waals surface area contributed by atoms with Crippen LogP contribution < -0.4 is 5.73 Å². The first-order chi connectivity index (χ1) is 7.54. The number of benzene rings is 1. The van der Waals surface area contributed by atoms with Crippen molar-refractivity contribution in [3.8, 4) is 0 Å². The van der Waals surface area contributed by atoms with Crippen molar-refractivity contribution in [1.29, 1.82) is 0 Å². The lowest BCUT2D eigenvalue weighted by Crippen LogP contribution is -2.16. The molecule has 88 valence electrons. The lowest BCUT2D eigenvalue weighted by Gasteiger charge is -2.11. The molecular formula is C11H14ClNO2S. The molecular weight excluding hydrogens is 246 g/mol. The summed E-state index contributed by atoms with van der Waals surface area (Å²) in [4.78, 5) is 12.2. The monoisotopic (exact) mass is 259 g/mol. The third-order valence-corrected chi connectivity index (χ3v) is 3.46. The van der Waals surface area contributed by atoms with E-state index in [4.69, 9.17) is 22.1 Å². The third-order valence-electron chi connectivity index (χ3n) is 1.88. The number of carbonyl (C=O) groups excluding carboxylic acids is 1. The summed E-state index contributed by atoms with van der Waals surface area (Å²) >= 11 is 7.34. The molecule has 5 heteroatoms. The van der Waals surface area contributed by atoms with Crippen LogP contribution in [-0.4, -0.2) is 17.8 Å². The van der Waals surface area contributed by atoms with E-state index in [2.05, 4.69) is 0 Å². The number of nitrogen functional groups attached to an aromatic ring is 1. The van der Waals surface area contributed by atoms with Crippen LogP contribution in [0.2, 0.25) is 5.02 Å². The molecule has 0 saturated carbocycles. The Morgan fingerprint density at radius 2 is 2.31 bits per heavy atom. The normalized spacial score (nSPS) is 12.2. The molecule has 1 unspecified atom stereocenters. The van der Waals surface area contributed by atoms with Crippen molar-refractivity contribution in [2.24, 2.45) is 0 Å². The Morgan fingerprint density at radius 3 is 2.94 bits per heavy atom. The molecule has 1 atom stereocenters. The van der Waals surface area contributed by atoms with Crippen LogP contribution in [0, 0.1) is 0 Å². The van der Waals surface area contributed by atoms with Crippen LogP contribution in [0.15, 0.2) is 23.1 Å². The molecule has 0 saturated heterocycles. The molecule has 0 amide bonds. The maximum atomic E-state index is 11.4. The number of esters is 1. The lowest BCUT2D eigenvalue weighted by atomic mass is 10.3. The highest BCUT2D eigenvalue weighted by atomic mass is 35.5. The van der Waals surface area contributed by atoms with Crippen LogP contribution in [-0.2, 0) is 9.53 Å². The topological polar surface area (TPSA) is 52.3 Å². The van der Waals surface area contributed by atoms with Gasteiger partial charge in [-0.25, -0.2) is 0 Å². The van der Waals surface area contributed by atoms with E-state index in [1.54, 1.807) is 32.0 Å². The number of carbonyl (C=O) groups is 1. The van der Waals surface area contributed by atoms with Crippen LogP contribution in [0.5, 0.6) is 0 Å². The van der Waals surface area contributed by atoms with E-state index in [-0.39, 0.29) is 11.2 Å². The molecule has 0 aliphatic rings. The van der Waals surface area contributed by atoms with Gasteiger partial charge in [-0.3, -0.25) is 4.79 Å². The zero-order valence-corrected chi connectivity index (χ0v) is 10.8. The molecule has 0 bridgehead atoms. The van der Waals surface area contributed by atoms with E-state index in [1.807, 2.05) is 0 Å². The standard InChI is InChI=1S/C11H14ClNO2S/c1-3-15-11(14)7(2)16-10-6-8(13)4-5-9(10)12/h4-7H,3,13H2,1-2H3. The fourth-order valence-electron chi connectivity index (χ4n) is 1.11. The van der Waals surface area contributed by atoms with Crippen LogP contribution in [0.25, 0.3) is 0 Å². The Balaban J connectivity index is 2.72. The van der Waals surface area contributed by atoms with Crippen LogP contribution >= 0.6 is 23.4 Å². The summed E-state index contributed by atoms with van der Waals surface area (Å²) in [7, 11) is 0. The summed E-state index contributed by atoms with van der Waals surface area (Å²) in [5.41, 5.74) is 6.28. The van der Waals surface area contributed by atoms with Gasteiger partial charge in [0.2, 0.25) is 0 Å². The van der Waals surface area contributed by atoms with Gasteiger partial charge in [-0.2, -0.15) is 0 Å². The van der Waals surface area contributed by atoms with Gasteiger partial charge in [0.15, 0.2) is 0 Å². The predicted molar refractivity (Wildman–Crippen MR) is 67.8 cm³/mol. The maximum absolute atomic E-state index is 11.4. The molecule has 0 fully saturated rings. The summed E-state index contributed by atoms with van der Waals surface area (Å²) in [6, 6.07) is 5.20. The van der Waals surface area contributed by atoms with Gasteiger partial charge in [-0.05, 0) is 32.0 Å². The second-order valence-corrected chi connectivity index (χ2v) is 4.99. The second-order valence-electron chi connectivity index (χ2n) is 3.20. The first-order valence-electron chi connectivity index (χ1n) is 4.93. The average molecular weight is 260 g/mol. The highest BCUT2D eigenvalue weighted by Crippen LogP contribution is 2.32. The van der Waals surface area contributed by atoms with Gasteiger partial charge in [-0.15, -0.1) is 11.8 Å². The molecule has 2 N–H and O–H groups in total. The molecule has 0 spiro atoms. The summed E-state index contributed by atoms with van der Waals surface area (Å²) < 4.78 is 4.91. The number of anilines is 1. The Kier molecular flexibility index (Phi) is 4.96. The van der Waals surface area contributed by atoms with E-state index in [0.717, 1.165) is 4.90 Å². The number of nitrogens with two attached hydrogens (primary N) is 1. The van der Waals surface area contributed by atoms with Gasteiger partial charge in [0, 0.05) is 10.6 Å². The minimum Gasteiger partial charge on any atom is -0.465 e. The minimum atomic E-state index is -0.292. The summed E-state index contributed by atoms with van der Waals surface area (Å²) in [6.45, 7) is 3.94. The lowest BCUT2D eigenvalue weighted by molar-refractivity contribution is -0.142. The van der Waals surface area contributed by atoms with Gasteiger partial charge in [-0.1, -0.05) is 11.6 Å². The number of thioether (sulfide) groups is 1. The Labute approximate surface area is 104 Å². The smallest absolute Gasteiger partial charge is 0.319 e. The van der Waals surface area contributed by atoms with Crippen molar-refractivity contribution in [2.45, 2.75) is 24.0 Å². The van der Waals surface area contributed by atoms with E-state index in [9.17, 15) is 4.79 Å². The van der Waals surface area contributed by atoms with Crippen LogP contribution in [0.1, 0.15) is 13.8 Å². The van der Waals surface area contributed by atoms with Gasteiger partial charge < -0.3 is 10.5 Å². The molecule has 1 aromatic carbocycles. The summed E-state index contributed by atoms with van der Waals surface area (Å²) in [6.07, 6.45) is 0. The van der Waals surface area contributed by atoms with Gasteiger partial charge in [0.1, 0.15) is 5.25 Å². The Morgan fingerprint density at radius 1 is 1.62 bits per heavy atom. The molecule has 0 heterocycles. The van der Waals surface area contributed by atoms with Gasteiger partial charge in [0.25, 0.3) is 0 Å². The highest BCUT2D eigenvalue weighted by Gasteiger charge is 2.16. The molecule has 0 aliphatic heterocycles. The fourth-order valence-corrected chi connectivity index (χ4v) is 2.29. The Hall–Kier alpha value is -0.870. The molecule has 3 nitrogen and oxygen atoms in total. The second kappa shape index (κ2) is 6.01.